The molecule has 7 heteroatoms. The summed E-state index contributed by atoms with van der Waals surface area (Å²) in [6.07, 6.45) is 0. The standard InChI is InChI=1S/C16H13BrClN3S2/c1-8-5-13-14(6-9(8)2)23-16(20-13)21-15(22)19-12-4-3-10(17)7-11(12)18/h3-7H,1-2H3,(H2,19,20,21,22). The van der Waals surface area contributed by atoms with Crippen molar-refractivity contribution >= 4 is 77.2 Å². The Morgan fingerprint density at radius 2 is 1.91 bits per heavy atom. The highest BCUT2D eigenvalue weighted by atomic mass is 79.9. The zero-order chi connectivity index (χ0) is 16.6. The second-order valence-corrected chi connectivity index (χ2v) is 7.89. The van der Waals surface area contributed by atoms with E-state index < -0.39 is 0 Å². The van der Waals surface area contributed by atoms with Crippen molar-refractivity contribution in [3.05, 3.63) is 51.0 Å². The van der Waals surface area contributed by atoms with E-state index in [4.69, 9.17) is 23.8 Å². The third-order valence-electron chi connectivity index (χ3n) is 3.40. The maximum atomic E-state index is 6.18. The largest absolute Gasteiger partial charge is 0.331 e. The summed E-state index contributed by atoms with van der Waals surface area (Å²) in [7, 11) is 0. The minimum absolute atomic E-state index is 0.460. The number of nitrogens with one attached hydrogen (secondary N) is 2. The Kier molecular flexibility index (Phi) is 4.87. The van der Waals surface area contributed by atoms with E-state index in [2.05, 4.69) is 57.5 Å². The van der Waals surface area contributed by atoms with Crippen molar-refractivity contribution in [3.63, 3.8) is 0 Å². The van der Waals surface area contributed by atoms with Gasteiger partial charge >= 0.3 is 0 Å². The quantitative estimate of drug-likeness (QED) is 0.483. The van der Waals surface area contributed by atoms with Crippen LogP contribution in [0.2, 0.25) is 5.02 Å². The van der Waals surface area contributed by atoms with Gasteiger partial charge in [0.15, 0.2) is 10.2 Å². The Hall–Kier alpha value is -1.21. The normalized spacial score (nSPS) is 10.8. The van der Waals surface area contributed by atoms with E-state index in [0.717, 1.165) is 25.5 Å². The number of aryl methyl sites for hydroxylation is 2. The molecule has 2 N–H and O–H groups in total. The van der Waals surface area contributed by atoms with Gasteiger partial charge in [-0.15, -0.1) is 0 Å². The number of benzene rings is 2. The van der Waals surface area contributed by atoms with Gasteiger partial charge in [0.05, 0.1) is 20.9 Å². The number of thiazole rings is 1. The van der Waals surface area contributed by atoms with Crippen molar-refractivity contribution < 1.29 is 0 Å². The SMILES string of the molecule is Cc1cc2nc(NC(=S)Nc3ccc(Br)cc3Cl)sc2cc1C. The Labute approximate surface area is 157 Å². The molecule has 0 unspecified atom stereocenters. The molecule has 3 rings (SSSR count). The summed E-state index contributed by atoms with van der Waals surface area (Å²) >= 11 is 16.5. The first kappa shape index (κ1) is 16.6. The van der Waals surface area contributed by atoms with Crippen LogP contribution in [0.3, 0.4) is 0 Å². The molecule has 23 heavy (non-hydrogen) atoms. The number of nitrogens with zero attached hydrogens (tertiary/aromatic N) is 1. The topological polar surface area (TPSA) is 37.0 Å². The van der Waals surface area contributed by atoms with E-state index in [0.29, 0.717) is 10.1 Å². The Bertz CT molecular complexity index is 869. The lowest BCUT2D eigenvalue weighted by molar-refractivity contribution is 1.35. The van der Waals surface area contributed by atoms with Gasteiger partial charge in [-0.1, -0.05) is 38.9 Å². The van der Waals surface area contributed by atoms with Crippen LogP contribution in [0.1, 0.15) is 11.1 Å². The van der Waals surface area contributed by atoms with Gasteiger partial charge in [-0.25, -0.2) is 4.98 Å². The number of halogens is 2. The van der Waals surface area contributed by atoms with Gasteiger partial charge in [0.1, 0.15) is 0 Å². The molecule has 3 aromatic rings. The number of anilines is 2. The third kappa shape index (κ3) is 3.83. The van der Waals surface area contributed by atoms with Gasteiger partial charge in [-0.05, 0) is 67.5 Å². The molecule has 0 aliphatic carbocycles. The van der Waals surface area contributed by atoms with E-state index in [9.17, 15) is 0 Å². The Balaban J connectivity index is 1.77. The van der Waals surface area contributed by atoms with Crippen molar-refractivity contribution in [2.45, 2.75) is 13.8 Å². The summed E-state index contributed by atoms with van der Waals surface area (Å²) in [6, 6.07) is 9.82. The molecular formula is C16H13BrClN3S2. The number of hydrogen-bond acceptors (Lipinski definition) is 3. The average Bonchev–Trinajstić information content (AvgIpc) is 2.83. The third-order valence-corrected chi connectivity index (χ3v) is 5.35. The fourth-order valence-electron chi connectivity index (χ4n) is 2.07. The van der Waals surface area contributed by atoms with Gasteiger partial charge in [-0.3, -0.25) is 0 Å². The molecule has 0 aliphatic heterocycles. The van der Waals surface area contributed by atoms with E-state index in [-0.39, 0.29) is 0 Å². The predicted molar refractivity (Wildman–Crippen MR) is 108 cm³/mol. The zero-order valence-corrected chi connectivity index (χ0v) is 16.4. The molecule has 2 aromatic carbocycles. The van der Waals surface area contributed by atoms with Crippen molar-refractivity contribution in [3.8, 4) is 0 Å². The van der Waals surface area contributed by atoms with Crippen LogP contribution in [-0.2, 0) is 0 Å². The van der Waals surface area contributed by atoms with Crippen molar-refractivity contribution in [1.29, 1.82) is 0 Å². The lowest BCUT2D eigenvalue weighted by Crippen LogP contribution is -2.19. The van der Waals surface area contributed by atoms with Crippen LogP contribution < -0.4 is 10.6 Å². The van der Waals surface area contributed by atoms with Crippen molar-refractivity contribution in [2.75, 3.05) is 10.6 Å². The van der Waals surface area contributed by atoms with Crippen molar-refractivity contribution in [1.82, 2.24) is 4.98 Å². The lowest BCUT2D eigenvalue weighted by atomic mass is 10.1. The fourth-order valence-corrected chi connectivity index (χ4v) is 4.02. The summed E-state index contributed by atoms with van der Waals surface area (Å²) in [6.45, 7) is 4.19. The van der Waals surface area contributed by atoms with E-state index in [1.54, 1.807) is 11.3 Å². The van der Waals surface area contributed by atoms with Crippen LogP contribution in [0.15, 0.2) is 34.8 Å². The molecule has 0 amide bonds. The van der Waals surface area contributed by atoms with Crippen LogP contribution in [0.4, 0.5) is 10.8 Å². The Morgan fingerprint density at radius 1 is 1.17 bits per heavy atom. The van der Waals surface area contributed by atoms with E-state index in [1.807, 2.05) is 18.2 Å². The van der Waals surface area contributed by atoms with Gasteiger partial charge in [-0.2, -0.15) is 0 Å². The highest BCUT2D eigenvalue weighted by Gasteiger charge is 2.08. The molecule has 0 spiro atoms. The lowest BCUT2D eigenvalue weighted by Gasteiger charge is -2.10. The summed E-state index contributed by atoms with van der Waals surface area (Å²) in [4.78, 5) is 4.57. The minimum atomic E-state index is 0.460. The molecular weight excluding hydrogens is 414 g/mol. The average molecular weight is 427 g/mol. The van der Waals surface area contributed by atoms with Crippen LogP contribution >= 0.6 is 51.1 Å². The maximum absolute atomic E-state index is 6.18. The first-order valence-electron chi connectivity index (χ1n) is 6.83. The summed E-state index contributed by atoms with van der Waals surface area (Å²) in [5.74, 6) is 0. The number of thiocarbonyl (C=S) groups is 1. The van der Waals surface area contributed by atoms with E-state index in [1.165, 1.54) is 11.1 Å². The molecule has 3 nitrogen and oxygen atoms in total. The van der Waals surface area contributed by atoms with Crippen LogP contribution in [0.25, 0.3) is 10.2 Å². The zero-order valence-electron chi connectivity index (χ0n) is 12.4. The smallest absolute Gasteiger partial charge is 0.190 e. The molecule has 0 bridgehead atoms. The minimum Gasteiger partial charge on any atom is -0.331 e. The second kappa shape index (κ2) is 6.73. The molecule has 0 fully saturated rings. The van der Waals surface area contributed by atoms with Crippen LogP contribution in [0.5, 0.6) is 0 Å². The second-order valence-electron chi connectivity index (χ2n) is 5.13. The highest BCUT2D eigenvalue weighted by molar-refractivity contribution is 9.10. The Morgan fingerprint density at radius 3 is 2.65 bits per heavy atom. The molecule has 1 heterocycles. The van der Waals surface area contributed by atoms with Crippen LogP contribution in [-0.4, -0.2) is 10.1 Å². The molecule has 0 aliphatic rings. The summed E-state index contributed by atoms with van der Waals surface area (Å²) < 4.78 is 2.06. The fraction of sp³-hybridized carbons (Fsp3) is 0.125. The molecule has 118 valence electrons. The molecule has 0 saturated carbocycles. The highest BCUT2D eigenvalue weighted by Crippen LogP contribution is 2.29. The number of aromatic nitrogens is 1. The maximum Gasteiger partial charge on any atom is 0.190 e. The van der Waals surface area contributed by atoms with Crippen molar-refractivity contribution in [2.24, 2.45) is 0 Å². The first-order chi connectivity index (χ1) is 10.9. The predicted octanol–water partition coefficient (Wildman–Crippen LogP) is 6.14. The van der Waals surface area contributed by atoms with Crippen LogP contribution in [0, 0.1) is 13.8 Å². The van der Waals surface area contributed by atoms with Gasteiger partial charge in [0.25, 0.3) is 0 Å². The molecule has 0 saturated heterocycles. The molecule has 0 atom stereocenters. The van der Waals surface area contributed by atoms with Gasteiger partial charge < -0.3 is 10.6 Å². The van der Waals surface area contributed by atoms with E-state index >= 15 is 0 Å². The molecule has 1 aromatic heterocycles. The molecule has 0 radical (unpaired) electrons. The monoisotopic (exact) mass is 425 g/mol. The summed E-state index contributed by atoms with van der Waals surface area (Å²) in [5.41, 5.74) is 4.22. The number of hydrogen-bond donors (Lipinski definition) is 2. The number of rotatable bonds is 2. The van der Waals surface area contributed by atoms with Gasteiger partial charge in [0, 0.05) is 4.47 Å². The first-order valence-corrected chi connectivity index (χ1v) is 9.23. The number of fused-ring (bicyclic) bond motifs is 1. The van der Waals surface area contributed by atoms with Gasteiger partial charge in [0.2, 0.25) is 0 Å². The summed E-state index contributed by atoms with van der Waals surface area (Å²) in [5, 5.41) is 8.02.